The standard InChI is InChI=1S/C17H17ClN2O2/c1-19-10-2-4-14(16(19)21)17(22)20-11-3-5-15(20)12-6-8-13(18)9-7-12/h2,4,6-10,15H,3,5,11H2,1H3. The number of amides is 1. The zero-order chi connectivity index (χ0) is 15.7. The van der Waals surface area contributed by atoms with Crippen LogP contribution in [0.1, 0.15) is 34.8 Å². The Hall–Kier alpha value is -2.07. The second-order valence-electron chi connectivity index (χ2n) is 5.55. The van der Waals surface area contributed by atoms with Gasteiger partial charge >= 0.3 is 0 Å². The van der Waals surface area contributed by atoms with Gasteiger partial charge in [-0.3, -0.25) is 9.59 Å². The molecule has 1 aromatic heterocycles. The minimum Gasteiger partial charge on any atom is -0.331 e. The van der Waals surface area contributed by atoms with Crippen LogP contribution in [-0.4, -0.2) is 21.9 Å². The summed E-state index contributed by atoms with van der Waals surface area (Å²) in [5.74, 6) is -0.196. The molecule has 1 saturated heterocycles. The third-order valence-corrected chi connectivity index (χ3v) is 4.37. The summed E-state index contributed by atoms with van der Waals surface area (Å²) in [5.41, 5.74) is 1.03. The van der Waals surface area contributed by atoms with Crippen molar-refractivity contribution < 1.29 is 4.79 Å². The molecular formula is C17H17ClN2O2. The molecule has 1 fully saturated rings. The fourth-order valence-electron chi connectivity index (χ4n) is 2.96. The molecule has 1 atom stereocenters. The molecule has 1 aromatic carbocycles. The van der Waals surface area contributed by atoms with Gasteiger partial charge in [-0.2, -0.15) is 0 Å². The Morgan fingerprint density at radius 1 is 1.23 bits per heavy atom. The lowest BCUT2D eigenvalue weighted by Gasteiger charge is -2.25. The minimum atomic E-state index is -0.255. The van der Waals surface area contributed by atoms with Crippen LogP contribution < -0.4 is 5.56 Å². The molecule has 0 aliphatic carbocycles. The van der Waals surface area contributed by atoms with E-state index < -0.39 is 0 Å². The Kier molecular flexibility index (Phi) is 4.03. The quantitative estimate of drug-likeness (QED) is 0.854. The molecule has 4 nitrogen and oxygen atoms in total. The topological polar surface area (TPSA) is 42.3 Å². The predicted molar refractivity (Wildman–Crippen MR) is 86.1 cm³/mol. The number of carbonyl (C=O) groups excluding carboxylic acids is 1. The molecule has 2 aromatic rings. The fraction of sp³-hybridized carbons (Fsp3) is 0.294. The number of nitrogens with zero attached hydrogens (tertiary/aromatic N) is 2. The average molecular weight is 317 g/mol. The van der Waals surface area contributed by atoms with Crippen LogP contribution in [0.25, 0.3) is 0 Å². The maximum Gasteiger partial charge on any atom is 0.263 e. The number of aryl methyl sites for hydroxylation is 1. The molecule has 22 heavy (non-hydrogen) atoms. The van der Waals surface area contributed by atoms with Crippen molar-refractivity contribution in [2.75, 3.05) is 6.54 Å². The van der Waals surface area contributed by atoms with Gasteiger partial charge in [0.15, 0.2) is 0 Å². The molecule has 0 radical (unpaired) electrons. The number of pyridine rings is 1. The van der Waals surface area contributed by atoms with E-state index in [1.54, 1.807) is 30.3 Å². The van der Waals surface area contributed by atoms with Crippen molar-refractivity contribution in [3.05, 3.63) is 69.1 Å². The number of carbonyl (C=O) groups is 1. The summed E-state index contributed by atoms with van der Waals surface area (Å²) in [7, 11) is 1.65. The van der Waals surface area contributed by atoms with E-state index in [0.717, 1.165) is 18.4 Å². The Bertz CT molecular complexity index is 752. The van der Waals surface area contributed by atoms with Crippen molar-refractivity contribution in [2.24, 2.45) is 7.05 Å². The zero-order valence-corrected chi connectivity index (χ0v) is 13.1. The van der Waals surface area contributed by atoms with E-state index in [1.165, 1.54) is 4.57 Å². The summed E-state index contributed by atoms with van der Waals surface area (Å²) in [6.07, 6.45) is 3.49. The Balaban J connectivity index is 1.93. The Morgan fingerprint density at radius 3 is 2.68 bits per heavy atom. The van der Waals surface area contributed by atoms with Crippen molar-refractivity contribution in [1.29, 1.82) is 0 Å². The Labute approximate surface area is 133 Å². The highest BCUT2D eigenvalue weighted by Crippen LogP contribution is 2.33. The summed E-state index contributed by atoms with van der Waals surface area (Å²) >= 11 is 5.93. The molecule has 114 valence electrons. The highest BCUT2D eigenvalue weighted by Gasteiger charge is 2.31. The van der Waals surface area contributed by atoms with E-state index in [-0.39, 0.29) is 23.1 Å². The maximum absolute atomic E-state index is 12.8. The summed E-state index contributed by atoms with van der Waals surface area (Å²) in [4.78, 5) is 26.7. The smallest absolute Gasteiger partial charge is 0.263 e. The number of benzene rings is 1. The monoisotopic (exact) mass is 316 g/mol. The molecule has 2 heterocycles. The summed E-state index contributed by atoms with van der Waals surface area (Å²) < 4.78 is 1.43. The van der Waals surface area contributed by atoms with Crippen LogP contribution in [0, 0.1) is 0 Å². The van der Waals surface area contributed by atoms with Crippen LogP contribution in [0.4, 0.5) is 0 Å². The Morgan fingerprint density at radius 2 is 1.95 bits per heavy atom. The SMILES string of the molecule is Cn1cccc(C(=O)N2CCCC2c2ccc(Cl)cc2)c1=O. The average Bonchev–Trinajstić information content (AvgIpc) is 2.99. The molecule has 0 bridgehead atoms. The molecule has 5 heteroatoms. The summed E-state index contributed by atoms with van der Waals surface area (Å²) in [6.45, 7) is 0.671. The first-order valence-electron chi connectivity index (χ1n) is 7.30. The molecule has 1 aliphatic heterocycles. The molecular weight excluding hydrogens is 300 g/mol. The lowest BCUT2D eigenvalue weighted by atomic mass is 10.0. The van der Waals surface area contributed by atoms with Crippen molar-refractivity contribution in [3.63, 3.8) is 0 Å². The number of hydrogen-bond donors (Lipinski definition) is 0. The highest BCUT2D eigenvalue weighted by molar-refractivity contribution is 6.30. The molecule has 0 N–H and O–H groups in total. The van der Waals surface area contributed by atoms with Gasteiger partial charge in [-0.15, -0.1) is 0 Å². The molecule has 1 aliphatic rings. The molecule has 0 saturated carbocycles. The number of halogens is 1. The van der Waals surface area contributed by atoms with Gasteiger partial charge in [-0.25, -0.2) is 0 Å². The third kappa shape index (κ3) is 2.66. The predicted octanol–water partition coefficient (Wildman–Crippen LogP) is 3.02. The molecule has 1 amide bonds. The van der Waals surface area contributed by atoms with Crippen LogP contribution in [0.2, 0.25) is 5.02 Å². The number of rotatable bonds is 2. The van der Waals surface area contributed by atoms with Crippen LogP contribution in [-0.2, 0) is 7.05 Å². The van der Waals surface area contributed by atoms with Gasteiger partial charge in [0.2, 0.25) is 0 Å². The first kappa shape index (κ1) is 14.9. The van der Waals surface area contributed by atoms with Crippen molar-refractivity contribution >= 4 is 17.5 Å². The number of hydrogen-bond acceptors (Lipinski definition) is 2. The summed E-state index contributed by atoms with van der Waals surface area (Å²) in [5, 5.41) is 0.677. The molecule has 3 rings (SSSR count). The third-order valence-electron chi connectivity index (χ3n) is 4.12. The van der Waals surface area contributed by atoms with Crippen LogP contribution in [0.5, 0.6) is 0 Å². The van der Waals surface area contributed by atoms with Gasteiger partial charge in [0.25, 0.3) is 11.5 Å². The van der Waals surface area contributed by atoms with Gasteiger partial charge in [0.05, 0.1) is 6.04 Å². The largest absolute Gasteiger partial charge is 0.331 e. The first-order valence-corrected chi connectivity index (χ1v) is 7.68. The van der Waals surface area contributed by atoms with Crippen molar-refractivity contribution in [3.8, 4) is 0 Å². The molecule has 0 spiro atoms. The van der Waals surface area contributed by atoms with E-state index >= 15 is 0 Å². The summed E-state index contributed by atoms with van der Waals surface area (Å²) in [6, 6.07) is 10.9. The van der Waals surface area contributed by atoms with E-state index in [0.29, 0.717) is 11.6 Å². The van der Waals surface area contributed by atoms with Gasteiger partial charge in [0, 0.05) is 24.8 Å². The normalized spacial score (nSPS) is 17.7. The van der Waals surface area contributed by atoms with Gasteiger partial charge in [-0.05, 0) is 42.7 Å². The van der Waals surface area contributed by atoms with Gasteiger partial charge in [0.1, 0.15) is 5.56 Å². The minimum absolute atomic E-state index is 0.00896. The zero-order valence-electron chi connectivity index (χ0n) is 12.3. The highest BCUT2D eigenvalue weighted by atomic mass is 35.5. The van der Waals surface area contributed by atoms with Crippen LogP contribution in [0.3, 0.4) is 0 Å². The fourth-order valence-corrected chi connectivity index (χ4v) is 3.08. The molecule has 1 unspecified atom stereocenters. The number of likely N-dealkylation sites (tertiary alicyclic amines) is 1. The van der Waals surface area contributed by atoms with Crippen molar-refractivity contribution in [1.82, 2.24) is 9.47 Å². The number of aromatic nitrogens is 1. The first-order chi connectivity index (χ1) is 10.6. The second-order valence-corrected chi connectivity index (χ2v) is 5.98. The maximum atomic E-state index is 12.8. The van der Waals surface area contributed by atoms with Gasteiger partial charge in [-0.1, -0.05) is 23.7 Å². The van der Waals surface area contributed by atoms with E-state index in [2.05, 4.69) is 0 Å². The van der Waals surface area contributed by atoms with E-state index in [4.69, 9.17) is 11.6 Å². The van der Waals surface area contributed by atoms with E-state index in [1.807, 2.05) is 24.3 Å². The van der Waals surface area contributed by atoms with Crippen LogP contribution >= 0.6 is 11.6 Å². The lowest BCUT2D eigenvalue weighted by Crippen LogP contribution is -2.35. The van der Waals surface area contributed by atoms with E-state index in [9.17, 15) is 9.59 Å². The van der Waals surface area contributed by atoms with Gasteiger partial charge < -0.3 is 9.47 Å². The van der Waals surface area contributed by atoms with Crippen molar-refractivity contribution in [2.45, 2.75) is 18.9 Å². The lowest BCUT2D eigenvalue weighted by molar-refractivity contribution is 0.0733. The second kappa shape index (κ2) is 5.97. The van der Waals surface area contributed by atoms with Crippen LogP contribution in [0.15, 0.2) is 47.4 Å².